The average Bonchev–Trinajstić information content (AvgIpc) is 2.71. The average molecular weight is 383 g/mol. The van der Waals surface area contributed by atoms with Crippen LogP contribution in [0.2, 0.25) is 0 Å². The van der Waals surface area contributed by atoms with Gasteiger partial charge in [0, 0.05) is 17.3 Å². The molecule has 0 fully saturated rings. The van der Waals surface area contributed by atoms with Crippen molar-refractivity contribution >= 4 is 17.5 Å². The summed E-state index contributed by atoms with van der Waals surface area (Å²) in [5, 5.41) is 6.92. The summed E-state index contributed by atoms with van der Waals surface area (Å²) in [6.07, 6.45) is 0.0822. The summed E-state index contributed by atoms with van der Waals surface area (Å²) >= 11 is 0. The third kappa shape index (κ3) is 6.12. The van der Waals surface area contributed by atoms with Crippen molar-refractivity contribution in [3.8, 4) is 11.5 Å². The van der Waals surface area contributed by atoms with Crippen molar-refractivity contribution in [2.24, 2.45) is 5.10 Å². The molecule has 0 unspecified atom stereocenters. The van der Waals surface area contributed by atoms with Crippen molar-refractivity contribution in [1.29, 1.82) is 0 Å². The van der Waals surface area contributed by atoms with Crippen LogP contribution in [0.15, 0.2) is 53.6 Å². The fourth-order valence-corrected chi connectivity index (χ4v) is 2.54. The van der Waals surface area contributed by atoms with Crippen LogP contribution in [0, 0.1) is 0 Å². The Balaban J connectivity index is 1.93. The molecular weight excluding hydrogens is 358 g/mol. The minimum Gasteiger partial charge on any atom is -0.497 e. The summed E-state index contributed by atoms with van der Waals surface area (Å²) in [4.78, 5) is 24.5. The van der Waals surface area contributed by atoms with Crippen LogP contribution < -0.4 is 20.2 Å². The minimum absolute atomic E-state index is 0.0822. The number of benzene rings is 2. The molecule has 0 spiro atoms. The van der Waals surface area contributed by atoms with Gasteiger partial charge in [-0.05, 0) is 31.5 Å². The van der Waals surface area contributed by atoms with E-state index in [2.05, 4.69) is 15.8 Å². The van der Waals surface area contributed by atoms with Gasteiger partial charge < -0.3 is 14.8 Å². The molecule has 0 saturated carbocycles. The molecule has 0 radical (unpaired) electrons. The molecule has 148 valence electrons. The molecule has 2 N–H and O–H groups in total. The van der Waals surface area contributed by atoms with Crippen molar-refractivity contribution < 1.29 is 19.1 Å². The van der Waals surface area contributed by atoms with Gasteiger partial charge in [-0.3, -0.25) is 9.59 Å². The number of hydrazone groups is 1. The van der Waals surface area contributed by atoms with E-state index in [0.29, 0.717) is 22.8 Å². The van der Waals surface area contributed by atoms with Crippen LogP contribution in [-0.4, -0.2) is 31.7 Å². The first-order valence-electron chi connectivity index (χ1n) is 8.83. The summed E-state index contributed by atoms with van der Waals surface area (Å²) in [5.74, 6) is 0.406. The standard InChI is InChI=1S/C21H25N3O4/c1-14(10-20(25)22-15(2)16-8-6-5-7-9-16)23-24-21(26)17-11-18(27-3)13-19(12-17)28-4/h5-9,11-13,15H,10H2,1-4H3,(H,22,25)(H,24,26)/b23-14-/t15-/m1/s1. The fourth-order valence-electron chi connectivity index (χ4n) is 2.54. The Morgan fingerprint density at radius 1 is 1.04 bits per heavy atom. The monoisotopic (exact) mass is 383 g/mol. The summed E-state index contributed by atoms with van der Waals surface area (Å²) in [6, 6.07) is 14.4. The summed E-state index contributed by atoms with van der Waals surface area (Å²) < 4.78 is 10.3. The van der Waals surface area contributed by atoms with E-state index in [9.17, 15) is 9.59 Å². The van der Waals surface area contributed by atoms with Crippen LogP contribution in [-0.2, 0) is 4.79 Å². The van der Waals surface area contributed by atoms with Crippen LogP contribution in [0.4, 0.5) is 0 Å². The molecule has 2 aromatic rings. The molecule has 0 saturated heterocycles. The normalized spacial score (nSPS) is 12.1. The number of amides is 2. The highest BCUT2D eigenvalue weighted by molar-refractivity contribution is 6.01. The zero-order chi connectivity index (χ0) is 20.5. The van der Waals surface area contributed by atoms with E-state index in [4.69, 9.17) is 9.47 Å². The number of hydrogen-bond donors (Lipinski definition) is 2. The molecule has 2 aromatic carbocycles. The van der Waals surface area contributed by atoms with E-state index in [1.165, 1.54) is 14.2 Å². The summed E-state index contributed by atoms with van der Waals surface area (Å²) in [6.45, 7) is 3.59. The van der Waals surface area contributed by atoms with Crippen LogP contribution in [0.3, 0.4) is 0 Å². The number of nitrogens with zero attached hydrogens (tertiary/aromatic N) is 1. The molecule has 2 rings (SSSR count). The van der Waals surface area contributed by atoms with E-state index in [1.54, 1.807) is 25.1 Å². The van der Waals surface area contributed by atoms with E-state index < -0.39 is 5.91 Å². The van der Waals surface area contributed by atoms with E-state index in [0.717, 1.165) is 5.56 Å². The molecule has 0 aliphatic heterocycles. The lowest BCUT2D eigenvalue weighted by atomic mass is 10.1. The molecule has 7 nitrogen and oxygen atoms in total. The number of carbonyl (C=O) groups is 2. The molecule has 1 atom stereocenters. The number of hydrogen-bond acceptors (Lipinski definition) is 5. The van der Waals surface area contributed by atoms with Gasteiger partial charge >= 0.3 is 0 Å². The first-order valence-corrected chi connectivity index (χ1v) is 8.83. The number of methoxy groups -OCH3 is 2. The smallest absolute Gasteiger partial charge is 0.271 e. The molecule has 0 bridgehead atoms. The van der Waals surface area contributed by atoms with Crippen molar-refractivity contribution in [2.45, 2.75) is 26.3 Å². The quantitative estimate of drug-likeness (QED) is 0.542. The van der Waals surface area contributed by atoms with E-state index in [-0.39, 0.29) is 18.4 Å². The molecule has 28 heavy (non-hydrogen) atoms. The lowest BCUT2D eigenvalue weighted by molar-refractivity contribution is -0.120. The van der Waals surface area contributed by atoms with Crippen molar-refractivity contribution in [2.75, 3.05) is 14.2 Å². The van der Waals surface area contributed by atoms with Gasteiger partial charge in [0.25, 0.3) is 5.91 Å². The maximum atomic E-state index is 12.3. The largest absolute Gasteiger partial charge is 0.497 e. The second-order valence-electron chi connectivity index (χ2n) is 6.27. The van der Waals surface area contributed by atoms with Gasteiger partial charge in [0.1, 0.15) is 11.5 Å². The van der Waals surface area contributed by atoms with Gasteiger partial charge in [0.15, 0.2) is 0 Å². The highest BCUT2D eigenvalue weighted by Gasteiger charge is 2.12. The summed E-state index contributed by atoms with van der Waals surface area (Å²) in [5.41, 5.74) is 4.30. The Hall–Kier alpha value is -3.35. The van der Waals surface area contributed by atoms with Gasteiger partial charge in [-0.15, -0.1) is 0 Å². The van der Waals surface area contributed by atoms with E-state index in [1.807, 2.05) is 37.3 Å². The second kappa shape index (κ2) is 10.1. The van der Waals surface area contributed by atoms with Crippen molar-refractivity contribution in [1.82, 2.24) is 10.7 Å². The predicted octanol–water partition coefficient (Wildman–Crippen LogP) is 3.08. The molecule has 7 heteroatoms. The Morgan fingerprint density at radius 3 is 2.21 bits per heavy atom. The van der Waals surface area contributed by atoms with Crippen LogP contribution >= 0.6 is 0 Å². The van der Waals surface area contributed by atoms with Gasteiger partial charge in [-0.1, -0.05) is 30.3 Å². The third-order valence-electron chi connectivity index (χ3n) is 4.06. The number of rotatable bonds is 8. The summed E-state index contributed by atoms with van der Waals surface area (Å²) in [7, 11) is 3.02. The fraction of sp³-hybridized carbons (Fsp3) is 0.286. The van der Waals surface area contributed by atoms with Crippen LogP contribution in [0.1, 0.15) is 42.2 Å². The van der Waals surface area contributed by atoms with Crippen molar-refractivity contribution in [3.63, 3.8) is 0 Å². The molecule has 0 aromatic heterocycles. The van der Waals surface area contributed by atoms with E-state index >= 15 is 0 Å². The molecule has 0 aliphatic rings. The van der Waals surface area contributed by atoms with Gasteiger partial charge in [0.2, 0.25) is 5.91 Å². The lowest BCUT2D eigenvalue weighted by Gasteiger charge is -2.14. The Bertz CT molecular complexity index is 828. The first kappa shape index (κ1) is 21.0. The van der Waals surface area contributed by atoms with Crippen LogP contribution in [0.25, 0.3) is 0 Å². The topological polar surface area (TPSA) is 89.0 Å². The SMILES string of the molecule is COc1cc(OC)cc(C(=O)N/N=C(/C)CC(=O)N[C@H](C)c2ccccc2)c1. The Labute approximate surface area is 164 Å². The zero-order valence-corrected chi connectivity index (χ0v) is 16.5. The molecular formula is C21H25N3O4. The van der Waals surface area contributed by atoms with Gasteiger partial charge in [0.05, 0.1) is 26.7 Å². The Morgan fingerprint density at radius 2 is 1.64 bits per heavy atom. The zero-order valence-electron chi connectivity index (χ0n) is 16.5. The van der Waals surface area contributed by atoms with Gasteiger partial charge in [-0.2, -0.15) is 5.10 Å². The minimum atomic E-state index is -0.422. The molecule has 2 amide bonds. The molecule has 0 heterocycles. The maximum absolute atomic E-state index is 12.3. The van der Waals surface area contributed by atoms with Gasteiger partial charge in [-0.25, -0.2) is 5.43 Å². The maximum Gasteiger partial charge on any atom is 0.271 e. The number of nitrogens with one attached hydrogen (secondary N) is 2. The van der Waals surface area contributed by atoms with Crippen molar-refractivity contribution in [3.05, 3.63) is 59.7 Å². The highest BCUT2D eigenvalue weighted by Crippen LogP contribution is 2.22. The van der Waals surface area contributed by atoms with Crippen LogP contribution in [0.5, 0.6) is 11.5 Å². The highest BCUT2D eigenvalue weighted by atomic mass is 16.5. The second-order valence-corrected chi connectivity index (χ2v) is 6.27. The third-order valence-corrected chi connectivity index (χ3v) is 4.06. The number of carbonyl (C=O) groups excluding carboxylic acids is 2. The number of ether oxygens (including phenoxy) is 2. The molecule has 0 aliphatic carbocycles. The Kier molecular flexibility index (Phi) is 7.56. The predicted molar refractivity (Wildman–Crippen MR) is 108 cm³/mol. The lowest BCUT2D eigenvalue weighted by Crippen LogP contribution is -2.28. The first-order chi connectivity index (χ1) is 13.4.